The van der Waals surface area contributed by atoms with Crippen LogP contribution in [0.3, 0.4) is 0 Å². The van der Waals surface area contributed by atoms with Gasteiger partial charge in [-0.25, -0.2) is 4.98 Å². The highest BCUT2D eigenvalue weighted by Gasteiger charge is 2.21. The number of nitrogens with one attached hydrogen (secondary N) is 1. The van der Waals surface area contributed by atoms with Crippen LogP contribution in [0.15, 0.2) is 35.0 Å². The van der Waals surface area contributed by atoms with E-state index < -0.39 is 0 Å². The normalized spacial score (nSPS) is 13.5. The van der Waals surface area contributed by atoms with E-state index in [1.165, 1.54) is 22.6 Å². The molecule has 3 heterocycles. The van der Waals surface area contributed by atoms with Gasteiger partial charge in [0.05, 0.1) is 24.4 Å². The van der Waals surface area contributed by atoms with Crippen LogP contribution in [0.2, 0.25) is 0 Å². The van der Waals surface area contributed by atoms with E-state index in [0.717, 1.165) is 28.1 Å². The molecule has 0 unspecified atom stereocenters. The molecule has 0 saturated heterocycles. The Kier molecular flexibility index (Phi) is 5.24. The molecule has 5 nitrogen and oxygen atoms in total. The zero-order chi connectivity index (χ0) is 18.8. The van der Waals surface area contributed by atoms with Gasteiger partial charge in [0.25, 0.3) is 0 Å². The van der Waals surface area contributed by atoms with Gasteiger partial charge in [0, 0.05) is 33.8 Å². The minimum Gasteiger partial charge on any atom is -0.356 e. The summed E-state index contributed by atoms with van der Waals surface area (Å²) in [5.74, 6) is -0.0462. The van der Waals surface area contributed by atoms with Gasteiger partial charge in [0.1, 0.15) is 6.73 Å². The maximum Gasteiger partial charge on any atom is 0.231 e. The molecule has 0 atom stereocenters. The molecule has 0 spiro atoms. The Morgan fingerprint density at radius 2 is 2.07 bits per heavy atom. The zero-order valence-corrected chi connectivity index (χ0v) is 17.0. The summed E-state index contributed by atoms with van der Waals surface area (Å²) in [6.07, 6.45) is 1.36. The lowest BCUT2D eigenvalue weighted by Gasteiger charge is -2.25. The van der Waals surface area contributed by atoms with Crippen LogP contribution >= 0.6 is 22.7 Å². The summed E-state index contributed by atoms with van der Waals surface area (Å²) in [6.45, 7) is 3.30. The number of amides is 1. The van der Waals surface area contributed by atoms with Gasteiger partial charge in [-0.1, -0.05) is 31.2 Å². The average Bonchev–Trinajstić information content (AvgIpc) is 3.30. The maximum absolute atomic E-state index is 12.5. The summed E-state index contributed by atoms with van der Waals surface area (Å²) in [4.78, 5) is 20.2. The van der Waals surface area contributed by atoms with Crippen molar-refractivity contribution in [3.05, 3.63) is 51.0 Å². The van der Waals surface area contributed by atoms with E-state index in [1.807, 2.05) is 12.4 Å². The Balaban J connectivity index is 1.42. The highest BCUT2D eigenvalue weighted by atomic mass is 32.1. The van der Waals surface area contributed by atoms with Crippen LogP contribution in [0.1, 0.15) is 22.9 Å². The summed E-state index contributed by atoms with van der Waals surface area (Å²) in [5.41, 5.74) is 5.55. The number of carbonyl (C=O) groups excluding carboxylic acids is 1. The van der Waals surface area contributed by atoms with Crippen molar-refractivity contribution >= 4 is 39.4 Å². The number of anilines is 2. The van der Waals surface area contributed by atoms with Gasteiger partial charge >= 0.3 is 0 Å². The van der Waals surface area contributed by atoms with Gasteiger partial charge in [0.15, 0.2) is 5.13 Å². The van der Waals surface area contributed by atoms with Crippen LogP contribution < -0.4 is 10.2 Å². The van der Waals surface area contributed by atoms with Crippen LogP contribution in [0.5, 0.6) is 0 Å². The van der Waals surface area contributed by atoms with E-state index in [0.29, 0.717) is 24.9 Å². The molecule has 1 N–H and O–H groups in total. The monoisotopic (exact) mass is 399 g/mol. The van der Waals surface area contributed by atoms with E-state index >= 15 is 0 Å². The number of nitrogens with zero attached hydrogens (tertiary/aromatic N) is 2. The lowest BCUT2D eigenvalue weighted by Crippen LogP contribution is -2.26. The van der Waals surface area contributed by atoms with Gasteiger partial charge in [-0.15, -0.1) is 22.7 Å². The van der Waals surface area contributed by atoms with Gasteiger partial charge in [0.2, 0.25) is 5.91 Å². The number of aryl methyl sites for hydroxylation is 1. The summed E-state index contributed by atoms with van der Waals surface area (Å²) in [5, 5.41) is 7.64. The van der Waals surface area contributed by atoms with Gasteiger partial charge in [-0.05, 0) is 12.0 Å². The molecule has 4 rings (SSSR count). The Bertz CT molecular complexity index is 947. The third-order valence-corrected chi connectivity index (χ3v) is 6.40. The average molecular weight is 400 g/mol. The maximum atomic E-state index is 12.5. The van der Waals surface area contributed by atoms with Crippen molar-refractivity contribution in [2.45, 2.75) is 26.4 Å². The molecule has 0 radical (unpaired) electrons. The second kappa shape index (κ2) is 7.80. The van der Waals surface area contributed by atoms with Crippen molar-refractivity contribution in [1.29, 1.82) is 0 Å². The molecule has 2 aromatic heterocycles. The van der Waals surface area contributed by atoms with E-state index in [2.05, 4.69) is 51.8 Å². The van der Waals surface area contributed by atoms with E-state index in [1.54, 1.807) is 11.3 Å². The fourth-order valence-corrected chi connectivity index (χ4v) is 4.91. The molecule has 0 aliphatic carbocycles. The number of aromatic nitrogens is 1. The lowest BCUT2D eigenvalue weighted by molar-refractivity contribution is -0.115. The molecule has 1 amide bonds. The van der Waals surface area contributed by atoms with Crippen molar-refractivity contribution < 1.29 is 9.53 Å². The summed E-state index contributed by atoms with van der Waals surface area (Å²) in [6, 6.07) is 8.39. The Hall–Kier alpha value is -2.22. The first-order chi connectivity index (χ1) is 13.1. The molecule has 7 heteroatoms. The Labute approximate surface area is 166 Å². The SMILES string of the molecule is CCc1ccc(-c2csc(NC(=O)Cc3scc4c3COCN4C)n2)cc1. The van der Waals surface area contributed by atoms with E-state index in [-0.39, 0.29) is 5.91 Å². The summed E-state index contributed by atoms with van der Waals surface area (Å²) >= 11 is 3.07. The number of thiophene rings is 1. The predicted octanol–water partition coefficient (Wildman–Crippen LogP) is 4.54. The van der Waals surface area contributed by atoms with Gasteiger partial charge < -0.3 is 15.0 Å². The standard InChI is InChI=1S/C20H21N3O2S2/c1-3-13-4-6-14(7-5-13)16-10-27-20(21-16)22-19(24)8-18-15-9-25-12-23(2)17(15)11-26-18/h4-7,10-11H,3,8-9,12H2,1-2H3,(H,21,22,24). The summed E-state index contributed by atoms with van der Waals surface area (Å²) in [7, 11) is 2.00. The predicted molar refractivity (Wildman–Crippen MR) is 112 cm³/mol. The second-order valence-electron chi connectivity index (χ2n) is 6.51. The number of fused-ring (bicyclic) bond motifs is 1. The van der Waals surface area contributed by atoms with Crippen LogP contribution in [-0.4, -0.2) is 24.7 Å². The van der Waals surface area contributed by atoms with Crippen molar-refractivity contribution in [3.63, 3.8) is 0 Å². The highest BCUT2D eigenvalue weighted by molar-refractivity contribution is 7.14. The zero-order valence-electron chi connectivity index (χ0n) is 15.3. The summed E-state index contributed by atoms with van der Waals surface area (Å²) < 4.78 is 5.57. The number of benzene rings is 1. The highest BCUT2D eigenvalue weighted by Crippen LogP contribution is 2.34. The molecule has 0 bridgehead atoms. The third kappa shape index (κ3) is 3.90. The largest absolute Gasteiger partial charge is 0.356 e. The Morgan fingerprint density at radius 1 is 1.26 bits per heavy atom. The molecule has 3 aromatic rings. The minimum atomic E-state index is -0.0462. The van der Waals surface area contributed by atoms with E-state index in [4.69, 9.17) is 4.74 Å². The number of thiazole rings is 1. The van der Waals surface area contributed by atoms with Crippen LogP contribution in [0.25, 0.3) is 11.3 Å². The molecule has 0 fully saturated rings. The molecule has 1 aromatic carbocycles. The minimum absolute atomic E-state index is 0.0462. The number of ether oxygens (including phenoxy) is 1. The second-order valence-corrected chi connectivity index (χ2v) is 8.33. The van der Waals surface area contributed by atoms with Crippen LogP contribution in [0.4, 0.5) is 10.8 Å². The molecular weight excluding hydrogens is 378 g/mol. The first-order valence-corrected chi connectivity index (χ1v) is 10.6. The molecule has 1 aliphatic heterocycles. The van der Waals surface area contributed by atoms with Crippen molar-refractivity contribution in [2.24, 2.45) is 0 Å². The van der Waals surface area contributed by atoms with Gasteiger partial charge in [-0.2, -0.15) is 0 Å². The number of hydrogen-bond acceptors (Lipinski definition) is 6. The molecule has 1 aliphatic rings. The number of rotatable bonds is 5. The van der Waals surface area contributed by atoms with Crippen LogP contribution in [0, 0.1) is 0 Å². The van der Waals surface area contributed by atoms with Crippen molar-refractivity contribution in [3.8, 4) is 11.3 Å². The van der Waals surface area contributed by atoms with Gasteiger partial charge in [-0.3, -0.25) is 4.79 Å². The van der Waals surface area contributed by atoms with Crippen molar-refractivity contribution in [1.82, 2.24) is 4.98 Å². The van der Waals surface area contributed by atoms with E-state index in [9.17, 15) is 4.79 Å². The fraction of sp³-hybridized carbons (Fsp3) is 0.300. The first kappa shape index (κ1) is 18.2. The lowest BCUT2D eigenvalue weighted by atomic mass is 10.1. The molecular formula is C20H21N3O2S2. The number of hydrogen-bond donors (Lipinski definition) is 1. The smallest absolute Gasteiger partial charge is 0.231 e. The van der Waals surface area contributed by atoms with Crippen molar-refractivity contribution in [2.75, 3.05) is 24.0 Å². The molecule has 27 heavy (non-hydrogen) atoms. The molecule has 140 valence electrons. The third-order valence-electron chi connectivity index (χ3n) is 4.63. The fourth-order valence-electron chi connectivity index (χ4n) is 3.07. The van der Waals surface area contributed by atoms with Crippen LogP contribution in [-0.2, 0) is 29.0 Å². The molecule has 0 saturated carbocycles. The Morgan fingerprint density at radius 3 is 2.85 bits per heavy atom. The number of carbonyl (C=O) groups is 1. The topological polar surface area (TPSA) is 54.5 Å². The first-order valence-electron chi connectivity index (χ1n) is 8.87. The quantitative estimate of drug-likeness (QED) is 0.684.